The number of rotatable bonds is 2. The van der Waals surface area contributed by atoms with Crippen LogP contribution in [0.1, 0.15) is 24.3 Å². The Kier molecular flexibility index (Phi) is 3.57. The summed E-state index contributed by atoms with van der Waals surface area (Å²) < 4.78 is 45.4. The monoisotopic (exact) mass is 245 g/mol. The predicted molar refractivity (Wildman–Crippen MR) is 57.7 cm³/mol. The van der Waals surface area contributed by atoms with Gasteiger partial charge in [0.25, 0.3) is 0 Å². The minimum absolute atomic E-state index is 0.0338. The lowest BCUT2D eigenvalue weighted by molar-refractivity contribution is 0.350. The highest BCUT2D eigenvalue weighted by Crippen LogP contribution is 2.37. The van der Waals surface area contributed by atoms with E-state index >= 15 is 0 Å². The molecule has 1 N–H and O–H groups in total. The van der Waals surface area contributed by atoms with E-state index in [9.17, 15) is 13.2 Å². The maximum absolute atomic E-state index is 13.8. The molecule has 1 aliphatic heterocycles. The molecule has 0 radical (unpaired) electrons. The van der Waals surface area contributed by atoms with Crippen LogP contribution in [0.3, 0.4) is 0 Å². The third-order valence-electron chi connectivity index (χ3n) is 3.11. The molecule has 0 saturated carbocycles. The Labute approximate surface area is 97.8 Å². The second kappa shape index (κ2) is 4.96. The van der Waals surface area contributed by atoms with Crippen LogP contribution in [0.2, 0.25) is 0 Å². The minimum Gasteiger partial charge on any atom is -0.493 e. The van der Waals surface area contributed by atoms with Crippen molar-refractivity contribution in [3.8, 4) is 5.75 Å². The number of nitrogens with one attached hydrogen (secondary N) is 1. The zero-order valence-corrected chi connectivity index (χ0v) is 9.53. The van der Waals surface area contributed by atoms with Crippen LogP contribution in [0.15, 0.2) is 6.07 Å². The Morgan fingerprint density at radius 2 is 1.82 bits per heavy atom. The van der Waals surface area contributed by atoms with Gasteiger partial charge in [0, 0.05) is 11.6 Å². The number of benzene rings is 1. The minimum atomic E-state index is -1.16. The molecule has 2 nitrogen and oxygen atoms in total. The van der Waals surface area contributed by atoms with Crippen molar-refractivity contribution in [1.82, 2.24) is 5.32 Å². The summed E-state index contributed by atoms with van der Waals surface area (Å²) in [4.78, 5) is 0. The summed E-state index contributed by atoms with van der Waals surface area (Å²) in [7, 11) is 1.26. The summed E-state index contributed by atoms with van der Waals surface area (Å²) in [6.07, 6.45) is 1.30. The van der Waals surface area contributed by atoms with Crippen LogP contribution in [0.4, 0.5) is 13.2 Å². The molecular weight excluding hydrogens is 231 g/mol. The fraction of sp³-hybridized carbons (Fsp3) is 0.500. The SMILES string of the molecule is COc1c(F)cc(F)c(F)c1C1CCNCC1. The van der Waals surface area contributed by atoms with E-state index in [2.05, 4.69) is 5.32 Å². The first-order chi connectivity index (χ1) is 8.15. The van der Waals surface area contributed by atoms with Crippen molar-refractivity contribution in [3.63, 3.8) is 0 Å². The molecule has 0 amide bonds. The third-order valence-corrected chi connectivity index (χ3v) is 3.11. The summed E-state index contributed by atoms with van der Waals surface area (Å²) in [6.45, 7) is 1.43. The van der Waals surface area contributed by atoms with Crippen molar-refractivity contribution in [1.29, 1.82) is 0 Å². The smallest absolute Gasteiger partial charge is 0.168 e. The summed E-state index contributed by atoms with van der Waals surface area (Å²) in [5.74, 6) is -3.36. The first-order valence-corrected chi connectivity index (χ1v) is 5.57. The Hall–Kier alpha value is -1.23. The molecule has 1 saturated heterocycles. The molecule has 94 valence electrons. The molecule has 17 heavy (non-hydrogen) atoms. The molecule has 1 aliphatic rings. The Balaban J connectivity index is 2.48. The van der Waals surface area contributed by atoms with Gasteiger partial charge in [0.2, 0.25) is 0 Å². The average Bonchev–Trinajstić information content (AvgIpc) is 2.34. The third kappa shape index (κ3) is 2.24. The van der Waals surface area contributed by atoms with Gasteiger partial charge in [0.05, 0.1) is 7.11 Å². The van der Waals surface area contributed by atoms with Gasteiger partial charge in [0.15, 0.2) is 23.2 Å². The number of hydrogen-bond donors (Lipinski definition) is 1. The molecule has 1 aromatic carbocycles. The van der Waals surface area contributed by atoms with Crippen LogP contribution in [0.25, 0.3) is 0 Å². The van der Waals surface area contributed by atoms with Crippen molar-refractivity contribution in [3.05, 3.63) is 29.1 Å². The largest absolute Gasteiger partial charge is 0.493 e. The first kappa shape index (κ1) is 12.2. The van der Waals surface area contributed by atoms with E-state index in [0.717, 1.165) is 0 Å². The predicted octanol–water partition coefficient (Wildman–Crippen LogP) is 2.58. The molecule has 2 rings (SSSR count). The van der Waals surface area contributed by atoms with E-state index < -0.39 is 17.5 Å². The van der Waals surface area contributed by atoms with Gasteiger partial charge in [-0.1, -0.05) is 0 Å². The second-order valence-corrected chi connectivity index (χ2v) is 4.13. The molecule has 0 aromatic heterocycles. The molecular formula is C12H14F3NO. The number of methoxy groups -OCH3 is 1. The van der Waals surface area contributed by atoms with Crippen LogP contribution in [0, 0.1) is 17.5 Å². The van der Waals surface area contributed by atoms with E-state index in [4.69, 9.17) is 4.74 Å². The molecule has 1 fully saturated rings. The Morgan fingerprint density at radius 3 is 2.41 bits per heavy atom. The average molecular weight is 245 g/mol. The lowest BCUT2D eigenvalue weighted by Gasteiger charge is -2.25. The topological polar surface area (TPSA) is 21.3 Å². The summed E-state index contributed by atoms with van der Waals surface area (Å²) in [6, 6.07) is 0.527. The van der Waals surface area contributed by atoms with E-state index in [0.29, 0.717) is 32.0 Å². The van der Waals surface area contributed by atoms with E-state index in [-0.39, 0.29) is 17.2 Å². The zero-order chi connectivity index (χ0) is 12.4. The second-order valence-electron chi connectivity index (χ2n) is 4.13. The lowest BCUT2D eigenvalue weighted by atomic mass is 9.89. The van der Waals surface area contributed by atoms with E-state index in [1.54, 1.807) is 0 Å². The Bertz CT molecular complexity index is 417. The van der Waals surface area contributed by atoms with Gasteiger partial charge < -0.3 is 10.1 Å². The van der Waals surface area contributed by atoms with Crippen LogP contribution in [0.5, 0.6) is 5.75 Å². The maximum atomic E-state index is 13.8. The summed E-state index contributed by atoms with van der Waals surface area (Å²) in [5.41, 5.74) is 0.0338. The molecule has 5 heteroatoms. The Morgan fingerprint density at radius 1 is 1.18 bits per heavy atom. The van der Waals surface area contributed by atoms with Gasteiger partial charge in [-0.25, -0.2) is 13.2 Å². The van der Waals surface area contributed by atoms with Gasteiger partial charge >= 0.3 is 0 Å². The molecule has 1 aromatic rings. The quantitative estimate of drug-likeness (QED) is 0.808. The number of ether oxygens (including phenoxy) is 1. The fourth-order valence-corrected chi connectivity index (χ4v) is 2.28. The highest BCUT2D eigenvalue weighted by molar-refractivity contribution is 5.40. The zero-order valence-electron chi connectivity index (χ0n) is 9.53. The molecule has 0 unspecified atom stereocenters. The van der Waals surface area contributed by atoms with E-state index in [1.165, 1.54) is 7.11 Å². The number of hydrogen-bond acceptors (Lipinski definition) is 2. The van der Waals surface area contributed by atoms with Gasteiger partial charge in [-0.3, -0.25) is 0 Å². The van der Waals surface area contributed by atoms with Crippen LogP contribution in [-0.2, 0) is 0 Å². The lowest BCUT2D eigenvalue weighted by Crippen LogP contribution is -2.27. The van der Waals surface area contributed by atoms with Gasteiger partial charge in [-0.2, -0.15) is 0 Å². The summed E-state index contributed by atoms with van der Waals surface area (Å²) in [5, 5.41) is 3.12. The van der Waals surface area contributed by atoms with Crippen LogP contribution >= 0.6 is 0 Å². The van der Waals surface area contributed by atoms with Crippen LogP contribution < -0.4 is 10.1 Å². The van der Waals surface area contributed by atoms with Crippen molar-refractivity contribution in [2.24, 2.45) is 0 Å². The van der Waals surface area contributed by atoms with Gasteiger partial charge in [-0.15, -0.1) is 0 Å². The van der Waals surface area contributed by atoms with Crippen LogP contribution in [-0.4, -0.2) is 20.2 Å². The van der Waals surface area contributed by atoms with Crippen molar-refractivity contribution in [2.45, 2.75) is 18.8 Å². The first-order valence-electron chi connectivity index (χ1n) is 5.57. The van der Waals surface area contributed by atoms with Crippen molar-refractivity contribution < 1.29 is 17.9 Å². The van der Waals surface area contributed by atoms with Gasteiger partial charge in [0.1, 0.15) is 0 Å². The van der Waals surface area contributed by atoms with E-state index in [1.807, 2.05) is 0 Å². The molecule has 0 atom stereocenters. The highest BCUT2D eigenvalue weighted by Gasteiger charge is 2.27. The standard InChI is InChI=1S/C12H14F3NO/c1-17-12-9(14)6-8(13)11(15)10(12)7-2-4-16-5-3-7/h6-7,16H,2-5H2,1H3. The van der Waals surface area contributed by atoms with Crippen molar-refractivity contribution in [2.75, 3.05) is 20.2 Å². The molecule has 0 spiro atoms. The molecule has 0 aliphatic carbocycles. The number of piperidine rings is 1. The van der Waals surface area contributed by atoms with Gasteiger partial charge in [-0.05, 0) is 31.8 Å². The normalized spacial score (nSPS) is 17.2. The fourth-order valence-electron chi connectivity index (χ4n) is 2.28. The summed E-state index contributed by atoms with van der Waals surface area (Å²) >= 11 is 0. The van der Waals surface area contributed by atoms with Crippen molar-refractivity contribution >= 4 is 0 Å². The highest BCUT2D eigenvalue weighted by atomic mass is 19.2. The maximum Gasteiger partial charge on any atom is 0.168 e. The molecule has 1 heterocycles. The number of halogens is 3. The molecule has 0 bridgehead atoms.